The molecule has 0 saturated carbocycles. The number of rotatable bonds is 8. The summed E-state index contributed by atoms with van der Waals surface area (Å²) in [6.45, 7) is 5.63. The fraction of sp³-hybridized carbons (Fsp3) is 0.276. The fourth-order valence-corrected chi connectivity index (χ4v) is 4.63. The van der Waals surface area contributed by atoms with Crippen LogP contribution in [0.2, 0.25) is 0 Å². The molecule has 0 unspecified atom stereocenters. The quantitative estimate of drug-likeness (QED) is 0.380. The Bertz CT molecular complexity index is 1300. The van der Waals surface area contributed by atoms with Gasteiger partial charge < -0.3 is 15.0 Å². The average Bonchev–Trinajstić information content (AvgIpc) is 2.95. The SMILES string of the molecule is COc1ccc(N2CCN(CCCNC(=O)c3cc(-c4ccccn4)nc4ccccc34)CC2)cc1. The number of aromatic nitrogens is 2. The maximum absolute atomic E-state index is 13.2. The van der Waals surface area contributed by atoms with Crippen LogP contribution in [-0.4, -0.2) is 67.2 Å². The number of carbonyl (C=O) groups is 1. The zero-order valence-electron chi connectivity index (χ0n) is 20.6. The van der Waals surface area contributed by atoms with Gasteiger partial charge in [0.15, 0.2) is 0 Å². The maximum Gasteiger partial charge on any atom is 0.252 e. The van der Waals surface area contributed by atoms with Crippen LogP contribution in [0.1, 0.15) is 16.8 Å². The molecule has 0 aliphatic carbocycles. The summed E-state index contributed by atoms with van der Waals surface area (Å²) in [5.41, 5.74) is 4.12. The lowest BCUT2D eigenvalue weighted by Gasteiger charge is -2.36. The molecule has 1 saturated heterocycles. The number of para-hydroxylation sites is 1. The molecule has 0 spiro atoms. The molecule has 36 heavy (non-hydrogen) atoms. The number of carbonyl (C=O) groups excluding carboxylic acids is 1. The topological polar surface area (TPSA) is 70.6 Å². The van der Waals surface area contributed by atoms with E-state index in [1.165, 1.54) is 5.69 Å². The number of fused-ring (bicyclic) bond motifs is 1. The molecule has 1 amide bonds. The molecular weight excluding hydrogens is 450 g/mol. The van der Waals surface area contributed by atoms with E-state index in [9.17, 15) is 4.79 Å². The van der Waals surface area contributed by atoms with E-state index in [2.05, 4.69) is 32.2 Å². The molecule has 2 aromatic carbocycles. The number of nitrogens with one attached hydrogen (secondary N) is 1. The highest BCUT2D eigenvalue weighted by Crippen LogP contribution is 2.24. The van der Waals surface area contributed by atoms with Crippen LogP contribution in [0.3, 0.4) is 0 Å². The van der Waals surface area contributed by atoms with E-state index in [4.69, 9.17) is 9.72 Å². The first kappa shape index (κ1) is 23.8. The molecule has 3 heterocycles. The number of nitrogens with zero attached hydrogens (tertiary/aromatic N) is 4. The summed E-state index contributed by atoms with van der Waals surface area (Å²) in [5, 5.41) is 3.97. The van der Waals surface area contributed by atoms with E-state index in [0.29, 0.717) is 17.8 Å². The van der Waals surface area contributed by atoms with Crippen LogP contribution in [0.5, 0.6) is 5.75 Å². The molecule has 1 fully saturated rings. The lowest BCUT2D eigenvalue weighted by molar-refractivity contribution is 0.0953. The number of pyridine rings is 2. The molecule has 0 atom stereocenters. The third-order valence-electron chi connectivity index (χ3n) is 6.63. The van der Waals surface area contributed by atoms with Gasteiger partial charge in [-0.2, -0.15) is 0 Å². The Morgan fingerprint density at radius 3 is 2.47 bits per heavy atom. The highest BCUT2D eigenvalue weighted by molar-refractivity contribution is 6.07. The summed E-state index contributed by atoms with van der Waals surface area (Å²) < 4.78 is 5.26. The Labute approximate surface area is 211 Å². The Hall–Kier alpha value is -3.97. The van der Waals surface area contributed by atoms with Gasteiger partial charge in [0.05, 0.1) is 29.6 Å². The summed E-state index contributed by atoms with van der Waals surface area (Å²) in [5.74, 6) is 0.808. The van der Waals surface area contributed by atoms with Crippen LogP contribution in [-0.2, 0) is 0 Å². The number of benzene rings is 2. The highest BCUT2D eigenvalue weighted by Gasteiger charge is 2.18. The zero-order valence-corrected chi connectivity index (χ0v) is 20.6. The van der Waals surface area contributed by atoms with E-state index in [-0.39, 0.29) is 5.91 Å². The van der Waals surface area contributed by atoms with Crippen LogP contribution in [0.4, 0.5) is 5.69 Å². The van der Waals surface area contributed by atoms with E-state index in [1.807, 2.05) is 60.7 Å². The molecular formula is C29H31N5O2. The summed E-state index contributed by atoms with van der Waals surface area (Å²) in [4.78, 5) is 27.2. The number of ether oxygens (including phenoxy) is 1. The van der Waals surface area contributed by atoms with Crippen molar-refractivity contribution in [1.82, 2.24) is 20.2 Å². The number of piperazine rings is 1. The van der Waals surface area contributed by atoms with Gasteiger partial charge in [-0.15, -0.1) is 0 Å². The van der Waals surface area contributed by atoms with Gasteiger partial charge >= 0.3 is 0 Å². The van der Waals surface area contributed by atoms with Crippen LogP contribution < -0.4 is 15.0 Å². The van der Waals surface area contributed by atoms with E-state index >= 15 is 0 Å². The van der Waals surface area contributed by atoms with Crippen molar-refractivity contribution in [3.63, 3.8) is 0 Å². The van der Waals surface area contributed by atoms with Gasteiger partial charge in [0.1, 0.15) is 5.75 Å². The van der Waals surface area contributed by atoms with Gasteiger partial charge in [-0.25, -0.2) is 4.98 Å². The zero-order chi connectivity index (χ0) is 24.7. The minimum Gasteiger partial charge on any atom is -0.497 e. The van der Waals surface area contributed by atoms with Crippen molar-refractivity contribution in [2.24, 2.45) is 0 Å². The lowest BCUT2D eigenvalue weighted by Crippen LogP contribution is -2.47. The summed E-state index contributed by atoms with van der Waals surface area (Å²) >= 11 is 0. The van der Waals surface area contributed by atoms with Crippen LogP contribution in [0.25, 0.3) is 22.3 Å². The van der Waals surface area contributed by atoms with Gasteiger partial charge in [-0.3, -0.25) is 14.7 Å². The van der Waals surface area contributed by atoms with Crippen molar-refractivity contribution in [2.75, 3.05) is 51.3 Å². The summed E-state index contributed by atoms with van der Waals surface area (Å²) in [6, 6.07) is 23.6. The number of hydrogen-bond acceptors (Lipinski definition) is 6. The van der Waals surface area contributed by atoms with E-state index in [1.54, 1.807) is 13.3 Å². The molecule has 1 N–H and O–H groups in total. The normalized spacial score (nSPS) is 14.1. The predicted molar refractivity (Wildman–Crippen MR) is 144 cm³/mol. The van der Waals surface area contributed by atoms with Crippen LogP contribution in [0, 0.1) is 0 Å². The Morgan fingerprint density at radius 1 is 0.944 bits per heavy atom. The largest absolute Gasteiger partial charge is 0.497 e. The van der Waals surface area contributed by atoms with Gasteiger partial charge in [0, 0.05) is 50.0 Å². The second-order valence-corrected chi connectivity index (χ2v) is 8.92. The monoisotopic (exact) mass is 481 g/mol. The third-order valence-corrected chi connectivity index (χ3v) is 6.63. The molecule has 0 bridgehead atoms. The molecule has 2 aromatic heterocycles. The molecule has 7 nitrogen and oxygen atoms in total. The second kappa shape index (κ2) is 11.2. The van der Waals surface area contributed by atoms with Gasteiger partial charge in [-0.05, 0) is 61.5 Å². The van der Waals surface area contributed by atoms with E-state index in [0.717, 1.165) is 61.5 Å². The first-order valence-corrected chi connectivity index (χ1v) is 12.4. The summed E-state index contributed by atoms with van der Waals surface area (Å²) in [6.07, 6.45) is 2.65. The number of anilines is 1. The maximum atomic E-state index is 13.2. The molecule has 184 valence electrons. The first-order chi connectivity index (χ1) is 17.7. The number of hydrogen-bond donors (Lipinski definition) is 1. The Balaban J connectivity index is 1.15. The number of methoxy groups -OCH3 is 1. The molecule has 7 heteroatoms. The highest BCUT2D eigenvalue weighted by atomic mass is 16.5. The van der Waals surface area contributed by atoms with Gasteiger partial charge in [-0.1, -0.05) is 24.3 Å². The van der Waals surface area contributed by atoms with Gasteiger partial charge in [0.2, 0.25) is 0 Å². The smallest absolute Gasteiger partial charge is 0.252 e. The van der Waals surface area contributed by atoms with Crippen molar-refractivity contribution >= 4 is 22.5 Å². The van der Waals surface area contributed by atoms with Gasteiger partial charge in [0.25, 0.3) is 5.91 Å². The second-order valence-electron chi connectivity index (χ2n) is 8.92. The van der Waals surface area contributed by atoms with Crippen molar-refractivity contribution in [3.05, 3.63) is 84.6 Å². The average molecular weight is 482 g/mol. The van der Waals surface area contributed by atoms with E-state index < -0.39 is 0 Å². The van der Waals surface area contributed by atoms with Crippen LogP contribution in [0.15, 0.2) is 79.0 Å². The van der Waals surface area contributed by atoms with Crippen LogP contribution >= 0.6 is 0 Å². The van der Waals surface area contributed by atoms with Crippen molar-refractivity contribution in [1.29, 1.82) is 0 Å². The standard InChI is InChI=1S/C29H31N5O2/c1-36-23-12-10-22(11-13-23)34-19-17-33(18-20-34)16-6-15-31-29(35)25-21-28(27-9-4-5-14-30-27)32-26-8-3-2-7-24(25)26/h2-5,7-14,21H,6,15-20H2,1H3,(H,31,35). The minimum atomic E-state index is -0.0740. The predicted octanol–water partition coefficient (Wildman–Crippen LogP) is 4.25. The minimum absolute atomic E-state index is 0.0740. The molecule has 1 aliphatic rings. The first-order valence-electron chi connectivity index (χ1n) is 12.4. The molecule has 4 aromatic rings. The number of amides is 1. The summed E-state index contributed by atoms with van der Waals surface area (Å²) in [7, 11) is 1.69. The molecule has 1 aliphatic heterocycles. The van der Waals surface area contributed by atoms with Crippen molar-refractivity contribution in [2.45, 2.75) is 6.42 Å². The Morgan fingerprint density at radius 2 is 1.72 bits per heavy atom. The fourth-order valence-electron chi connectivity index (χ4n) is 4.63. The molecule has 5 rings (SSSR count). The van der Waals surface area contributed by atoms with Crippen molar-refractivity contribution < 1.29 is 9.53 Å². The Kier molecular flexibility index (Phi) is 7.38. The van der Waals surface area contributed by atoms with Crippen molar-refractivity contribution in [3.8, 4) is 17.1 Å². The molecule has 0 radical (unpaired) electrons. The lowest BCUT2D eigenvalue weighted by atomic mass is 10.1. The third kappa shape index (κ3) is 5.47.